The molecule has 0 unspecified atom stereocenters. The standard InChI is InChI=1S/C6H5BClF3N.K/c8-4-1-2-6(12)5(3-4)7(9,10)11;/h1-3H,12H2;/q-1;+1. The summed E-state index contributed by atoms with van der Waals surface area (Å²) in [6.07, 6.45) is 0. The van der Waals surface area contributed by atoms with Gasteiger partial charge in [0.15, 0.2) is 0 Å². The summed E-state index contributed by atoms with van der Waals surface area (Å²) in [6, 6.07) is 3.30. The molecule has 1 nitrogen and oxygen atoms in total. The molecule has 0 fully saturated rings. The summed E-state index contributed by atoms with van der Waals surface area (Å²) in [4.78, 5) is 0. The molecule has 1 rings (SSSR count). The Hall–Kier alpha value is 0.801. The Morgan fingerprint density at radius 1 is 1.23 bits per heavy atom. The number of hydrogen-bond acceptors (Lipinski definition) is 1. The van der Waals surface area contributed by atoms with Gasteiger partial charge in [0.05, 0.1) is 0 Å². The maximum Gasteiger partial charge on any atom is 1.00 e. The zero-order valence-corrected chi connectivity index (χ0v) is 10.8. The van der Waals surface area contributed by atoms with Crippen molar-refractivity contribution in [2.45, 2.75) is 0 Å². The van der Waals surface area contributed by atoms with Crippen molar-refractivity contribution in [3.63, 3.8) is 0 Å². The van der Waals surface area contributed by atoms with Crippen molar-refractivity contribution in [1.29, 1.82) is 0 Å². The fraction of sp³-hybridized carbons (Fsp3) is 0. The minimum atomic E-state index is -5.06. The molecule has 13 heavy (non-hydrogen) atoms. The second kappa shape index (κ2) is 5.04. The van der Waals surface area contributed by atoms with Gasteiger partial charge in [-0.1, -0.05) is 23.1 Å². The summed E-state index contributed by atoms with van der Waals surface area (Å²) in [6.45, 7) is -5.06. The Balaban J connectivity index is 0.00000144. The van der Waals surface area contributed by atoms with Crippen LogP contribution in [0.2, 0.25) is 5.02 Å². The van der Waals surface area contributed by atoms with E-state index < -0.39 is 12.4 Å². The molecule has 0 aliphatic heterocycles. The molecular formula is C6H5BClF3KN. The first-order valence-electron chi connectivity index (χ1n) is 3.16. The molecule has 0 aromatic heterocycles. The minimum Gasteiger partial charge on any atom is -0.445 e. The molecule has 7 heteroatoms. The van der Waals surface area contributed by atoms with E-state index in [1.807, 2.05) is 0 Å². The van der Waals surface area contributed by atoms with E-state index in [-0.39, 0.29) is 62.1 Å². The van der Waals surface area contributed by atoms with Crippen LogP contribution >= 0.6 is 11.6 Å². The summed E-state index contributed by atoms with van der Waals surface area (Å²) in [7, 11) is 0. The quantitative estimate of drug-likeness (QED) is 0.488. The van der Waals surface area contributed by atoms with Crippen LogP contribution in [0.15, 0.2) is 18.2 Å². The van der Waals surface area contributed by atoms with Crippen molar-refractivity contribution in [3.05, 3.63) is 23.2 Å². The fourth-order valence-corrected chi connectivity index (χ4v) is 1.01. The third-order valence-corrected chi connectivity index (χ3v) is 1.64. The first-order valence-corrected chi connectivity index (χ1v) is 3.54. The third-order valence-electron chi connectivity index (χ3n) is 1.40. The molecule has 66 valence electrons. The SMILES string of the molecule is Nc1ccc(Cl)cc1[B-](F)(F)F.[K+]. The number of rotatable bonds is 1. The average molecular weight is 233 g/mol. The summed E-state index contributed by atoms with van der Waals surface area (Å²) in [5, 5.41) is 0.0402. The Kier molecular flexibility index (Phi) is 5.35. The smallest absolute Gasteiger partial charge is 0.445 e. The number of nitrogens with two attached hydrogens (primary N) is 1. The van der Waals surface area contributed by atoms with E-state index in [0.29, 0.717) is 0 Å². The van der Waals surface area contributed by atoms with Crippen molar-refractivity contribution >= 4 is 29.7 Å². The molecule has 0 atom stereocenters. The van der Waals surface area contributed by atoms with Gasteiger partial charge in [-0.25, -0.2) is 0 Å². The molecule has 1 aromatic carbocycles. The molecule has 0 heterocycles. The van der Waals surface area contributed by atoms with Crippen LogP contribution in [-0.4, -0.2) is 6.98 Å². The Morgan fingerprint density at radius 2 is 1.77 bits per heavy atom. The van der Waals surface area contributed by atoms with E-state index in [9.17, 15) is 12.9 Å². The van der Waals surface area contributed by atoms with E-state index in [4.69, 9.17) is 17.3 Å². The van der Waals surface area contributed by atoms with E-state index in [0.717, 1.165) is 12.1 Å². The van der Waals surface area contributed by atoms with Crippen LogP contribution in [0.5, 0.6) is 0 Å². The molecular weight excluding hydrogens is 228 g/mol. The molecule has 0 saturated heterocycles. The first kappa shape index (κ1) is 13.8. The van der Waals surface area contributed by atoms with Gasteiger partial charge in [-0.2, -0.15) is 0 Å². The molecule has 0 spiro atoms. The zero-order valence-electron chi connectivity index (χ0n) is 6.90. The molecule has 0 aliphatic carbocycles. The van der Waals surface area contributed by atoms with E-state index in [2.05, 4.69) is 0 Å². The van der Waals surface area contributed by atoms with Gasteiger partial charge in [0, 0.05) is 10.7 Å². The van der Waals surface area contributed by atoms with Crippen LogP contribution in [-0.2, 0) is 0 Å². The van der Waals surface area contributed by atoms with E-state index >= 15 is 0 Å². The van der Waals surface area contributed by atoms with Crippen molar-refractivity contribution in [2.75, 3.05) is 5.73 Å². The van der Waals surface area contributed by atoms with Gasteiger partial charge in [0.25, 0.3) is 0 Å². The van der Waals surface area contributed by atoms with Crippen LogP contribution < -0.4 is 62.6 Å². The molecule has 0 aliphatic rings. The number of nitrogen functional groups attached to an aromatic ring is 1. The van der Waals surface area contributed by atoms with Crippen molar-refractivity contribution in [2.24, 2.45) is 0 Å². The Bertz CT molecular complexity index is 304. The predicted octanol–water partition coefficient (Wildman–Crippen LogP) is -1.02. The average Bonchev–Trinajstić information content (AvgIpc) is 1.92. The van der Waals surface area contributed by atoms with Gasteiger partial charge in [-0.3, -0.25) is 0 Å². The van der Waals surface area contributed by atoms with Gasteiger partial charge >= 0.3 is 58.4 Å². The minimum absolute atomic E-state index is 0. The van der Waals surface area contributed by atoms with Gasteiger partial charge in [0.1, 0.15) is 0 Å². The van der Waals surface area contributed by atoms with Crippen molar-refractivity contribution in [1.82, 2.24) is 0 Å². The second-order valence-corrected chi connectivity index (χ2v) is 2.78. The van der Waals surface area contributed by atoms with Crippen LogP contribution in [0, 0.1) is 0 Å². The zero-order chi connectivity index (χ0) is 9.35. The largest absolute Gasteiger partial charge is 1.00 e. The number of halogens is 4. The summed E-state index contributed by atoms with van der Waals surface area (Å²) in [5.74, 6) is 0. The van der Waals surface area contributed by atoms with Crippen LogP contribution in [0.1, 0.15) is 0 Å². The van der Waals surface area contributed by atoms with Crippen molar-refractivity contribution in [3.8, 4) is 0 Å². The Labute approximate surface area is 121 Å². The maximum absolute atomic E-state index is 12.2. The van der Waals surface area contributed by atoms with Gasteiger partial charge < -0.3 is 18.7 Å². The van der Waals surface area contributed by atoms with Gasteiger partial charge in [-0.15, -0.1) is 0 Å². The van der Waals surface area contributed by atoms with E-state index in [1.165, 1.54) is 6.07 Å². The fourth-order valence-electron chi connectivity index (χ4n) is 0.829. The summed E-state index contributed by atoms with van der Waals surface area (Å²) in [5.41, 5.74) is 4.00. The molecule has 0 bridgehead atoms. The van der Waals surface area contributed by atoms with Crippen LogP contribution in [0.3, 0.4) is 0 Å². The number of hydrogen-bond donors (Lipinski definition) is 1. The van der Waals surface area contributed by atoms with E-state index in [1.54, 1.807) is 0 Å². The molecule has 0 radical (unpaired) electrons. The monoisotopic (exact) mass is 233 g/mol. The molecule has 0 saturated carbocycles. The number of anilines is 1. The van der Waals surface area contributed by atoms with Crippen LogP contribution in [0.4, 0.5) is 18.6 Å². The molecule has 0 amide bonds. The van der Waals surface area contributed by atoms with Gasteiger partial charge in [-0.05, 0) is 12.1 Å². The van der Waals surface area contributed by atoms with Gasteiger partial charge in [0.2, 0.25) is 0 Å². The topological polar surface area (TPSA) is 26.0 Å². The number of benzene rings is 1. The van der Waals surface area contributed by atoms with Crippen molar-refractivity contribution < 1.29 is 64.3 Å². The third kappa shape index (κ3) is 3.81. The normalized spacial score (nSPS) is 10.8. The second-order valence-electron chi connectivity index (χ2n) is 2.35. The first-order chi connectivity index (χ1) is 5.41. The molecule has 2 N–H and O–H groups in total. The Morgan fingerprint density at radius 3 is 2.15 bits per heavy atom. The summed E-state index contributed by atoms with van der Waals surface area (Å²) >= 11 is 5.38. The molecule has 1 aromatic rings. The predicted molar refractivity (Wildman–Crippen MR) is 44.6 cm³/mol. The maximum atomic E-state index is 12.2. The summed E-state index contributed by atoms with van der Waals surface area (Å²) < 4.78 is 36.5. The van der Waals surface area contributed by atoms with Crippen LogP contribution in [0.25, 0.3) is 0 Å².